The number of ether oxygens (including phenoxy) is 2. The third-order valence-corrected chi connectivity index (χ3v) is 10.6. The minimum absolute atomic E-state index is 0.0112. The Morgan fingerprint density at radius 2 is 0.722 bits per heavy atom. The van der Waals surface area contributed by atoms with Crippen molar-refractivity contribution >= 4 is 25.7 Å². The Bertz CT molecular complexity index is 869. The van der Waals surface area contributed by atoms with E-state index in [0.29, 0.717) is 38.8 Å². The summed E-state index contributed by atoms with van der Waals surface area (Å²) in [6, 6.07) is 0. The van der Waals surface area contributed by atoms with Crippen LogP contribution in [0.5, 0.6) is 0 Å². The molecule has 10 nitrogen and oxygen atoms in total. The highest BCUT2D eigenvalue weighted by Crippen LogP contribution is 2.35. The smallest absolute Gasteiger partial charge is 0.464 e. The molecule has 0 fully saturated rings. The molecule has 0 aliphatic rings. The number of hydrogen-bond acceptors (Lipinski definition) is 7. The van der Waals surface area contributed by atoms with Gasteiger partial charge in [0.25, 0.3) is 0 Å². The topological polar surface area (TPSA) is 140 Å². The molecular weight excluding hydrogens is 705 g/mol. The summed E-state index contributed by atoms with van der Waals surface area (Å²) >= 11 is 0. The molecule has 0 unspecified atom stereocenters. The largest absolute Gasteiger partial charge is 0.469 e. The third kappa shape index (κ3) is 40.2. The average molecular weight is 790 g/mol. The molecule has 0 aromatic heterocycles. The highest BCUT2D eigenvalue weighted by molar-refractivity contribution is 7.46. The highest BCUT2D eigenvalue weighted by Gasteiger charge is 2.16. The summed E-state index contributed by atoms with van der Waals surface area (Å²) in [5, 5.41) is 0. The number of carbonyl (C=O) groups excluding carboxylic acids is 3. The van der Waals surface area contributed by atoms with Crippen molar-refractivity contribution in [3.8, 4) is 0 Å². The van der Waals surface area contributed by atoms with Gasteiger partial charge in [0.15, 0.2) is 0 Å². The molecule has 0 radical (unpaired) electrons. The Balaban J connectivity index is 4.34. The predicted molar refractivity (Wildman–Crippen MR) is 220 cm³/mol. The second-order valence-corrected chi connectivity index (χ2v) is 16.5. The van der Waals surface area contributed by atoms with Gasteiger partial charge in [-0.3, -0.25) is 18.9 Å². The van der Waals surface area contributed by atoms with Crippen molar-refractivity contribution in [3.63, 3.8) is 0 Å². The lowest BCUT2D eigenvalue weighted by molar-refractivity contribution is -0.147. The molecule has 0 aliphatic carbocycles. The molecule has 0 heterocycles. The lowest BCUT2D eigenvalue weighted by Gasteiger charge is -2.22. The molecule has 0 aromatic carbocycles. The number of esters is 2. The first-order valence-corrected chi connectivity index (χ1v) is 24.0. The maximum Gasteiger partial charge on any atom is 0.469 e. The molecule has 0 spiro atoms. The van der Waals surface area contributed by atoms with E-state index in [1.165, 1.54) is 103 Å². The molecule has 11 heteroatoms. The van der Waals surface area contributed by atoms with E-state index < -0.39 is 7.82 Å². The van der Waals surface area contributed by atoms with Crippen LogP contribution in [0, 0.1) is 0 Å². The number of rotatable bonds is 42. The summed E-state index contributed by atoms with van der Waals surface area (Å²) in [5.41, 5.74) is 0. The molecular formula is C43H84NO9P. The number of phosphoric acid groups is 1. The first-order chi connectivity index (χ1) is 26.2. The minimum Gasteiger partial charge on any atom is -0.464 e. The van der Waals surface area contributed by atoms with Gasteiger partial charge in [-0.15, -0.1) is 0 Å². The van der Waals surface area contributed by atoms with Crippen molar-refractivity contribution in [1.29, 1.82) is 0 Å². The number of amides is 1. The van der Waals surface area contributed by atoms with Crippen LogP contribution in [0.4, 0.5) is 0 Å². The summed E-state index contributed by atoms with van der Waals surface area (Å²) in [4.78, 5) is 57.0. The van der Waals surface area contributed by atoms with Crippen LogP contribution in [0.15, 0.2) is 0 Å². The van der Waals surface area contributed by atoms with Crippen LogP contribution in [-0.2, 0) is 32.9 Å². The first kappa shape index (κ1) is 52.5. The van der Waals surface area contributed by atoms with Crippen molar-refractivity contribution in [2.75, 3.05) is 32.9 Å². The van der Waals surface area contributed by atoms with E-state index in [0.717, 1.165) is 83.5 Å². The molecule has 0 bridgehead atoms. The van der Waals surface area contributed by atoms with Gasteiger partial charge in [0.1, 0.15) is 13.2 Å². The fraction of sp³-hybridized carbons (Fsp3) is 0.930. The van der Waals surface area contributed by atoms with Gasteiger partial charge in [-0.2, -0.15) is 0 Å². The van der Waals surface area contributed by atoms with Gasteiger partial charge in [0.2, 0.25) is 5.91 Å². The lowest BCUT2D eigenvalue weighted by Crippen LogP contribution is -2.37. The Hall–Kier alpha value is -1.48. The summed E-state index contributed by atoms with van der Waals surface area (Å²) in [5.74, 6) is -0.444. The van der Waals surface area contributed by atoms with Crippen LogP contribution in [0.25, 0.3) is 0 Å². The highest BCUT2D eigenvalue weighted by atomic mass is 31.2. The quantitative estimate of drug-likeness (QED) is 0.0351. The summed E-state index contributed by atoms with van der Waals surface area (Å²) in [7, 11) is -4.38. The molecule has 2 N–H and O–H groups in total. The van der Waals surface area contributed by atoms with E-state index in [2.05, 4.69) is 18.4 Å². The monoisotopic (exact) mass is 790 g/mol. The van der Waals surface area contributed by atoms with E-state index >= 15 is 0 Å². The van der Waals surface area contributed by atoms with E-state index in [1.54, 1.807) is 4.90 Å². The van der Waals surface area contributed by atoms with Gasteiger partial charge in [-0.05, 0) is 25.7 Å². The Kier molecular flexibility index (Phi) is 38.7. The summed E-state index contributed by atoms with van der Waals surface area (Å²) in [6.07, 6.45) is 35.4. The second kappa shape index (κ2) is 39.7. The Morgan fingerprint density at radius 1 is 0.426 bits per heavy atom. The molecule has 0 saturated heterocycles. The van der Waals surface area contributed by atoms with Crippen LogP contribution in [0.3, 0.4) is 0 Å². The van der Waals surface area contributed by atoms with E-state index in [4.69, 9.17) is 19.3 Å². The number of phosphoric ester groups is 1. The molecule has 54 heavy (non-hydrogen) atoms. The third-order valence-electron chi connectivity index (χ3n) is 10.1. The number of hydrogen-bond donors (Lipinski definition) is 2. The zero-order valence-electron chi connectivity index (χ0n) is 35.0. The average Bonchev–Trinajstić information content (AvgIpc) is 3.13. The lowest BCUT2D eigenvalue weighted by atomic mass is 10.1. The van der Waals surface area contributed by atoms with Crippen LogP contribution in [0.1, 0.15) is 226 Å². The van der Waals surface area contributed by atoms with Crippen LogP contribution in [0.2, 0.25) is 0 Å². The molecule has 0 atom stereocenters. The molecule has 1 amide bonds. The first-order valence-electron chi connectivity index (χ1n) is 22.5. The number of carbonyl (C=O) groups is 3. The SMILES string of the molecule is CCCCCCCCCCCCCC(=O)OCCN(CCOC(=O)CCCCCCCCCCCCC)C(=O)CCCCCCCCCCOP(=O)(O)O. The summed E-state index contributed by atoms with van der Waals surface area (Å²) in [6.45, 7) is 5.45. The van der Waals surface area contributed by atoms with E-state index in [-0.39, 0.29) is 37.7 Å². The van der Waals surface area contributed by atoms with Crippen LogP contribution in [-0.4, -0.2) is 65.4 Å². The fourth-order valence-electron chi connectivity index (χ4n) is 6.69. The number of nitrogens with zero attached hydrogens (tertiary/aromatic N) is 1. The normalized spacial score (nSPS) is 11.6. The van der Waals surface area contributed by atoms with Gasteiger partial charge in [0.05, 0.1) is 19.7 Å². The molecule has 0 saturated carbocycles. The van der Waals surface area contributed by atoms with Crippen LogP contribution < -0.4 is 0 Å². The van der Waals surface area contributed by atoms with E-state index in [9.17, 15) is 18.9 Å². The fourth-order valence-corrected chi connectivity index (χ4v) is 7.06. The molecule has 0 aromatic rings. The van der Waals surface area contributed by atoms with E-state index in [1.807, 2.05) is 0 Å². The Morgan fingerprint density at radius 3 is 1.06 bits per heavy atom. The van der Waals surface area contributed by atoms with Crippen molar-refractivity contribution in [3.05, 3.63) is 0 Å². The van der Waals surface area contributed by atoms with Crippen molar-refractivity contribution in [1.82, 2.24) is 4.90 Å². The maximum absolute atomic E-state index is 13.1. The van der Waals surface area contributed by atoms with Gasteiger partial charge < -0.3 is 24.2 Å². The Labute approximate surface area is 331 Å². The second-order valence-electron chi connectivity index (χ2n) is 15.3. The van der Waals surface area contributed by atoms with Gasteiger partial charge >= 0.3 is 19.8 Å². The van der Waals surface area contributed by atoms with Crippen molar-refractivity contribution in [2.45, 2.75) is 226 Å². The number of unbranched alkanes of at least 4 members (excludes halogenated alkanes) is 27. The summed E-state index contributed by atoms with van der Waals surface area (Å²) < 4.78 is 26.2. The maximum atomic E-state index is 13.1. The van der Waals surface area contributed by atoms with Crippen molar-refractivity contribution in [2.24, 2.45) is 0 Å². The molecule has 0 rings (SSSR count). The van der Waals surface area contributed by atoms with Crippen molar-refractivity contribution < 1.29 is 42.7 Å². The predicted octanol–water partition coefficient (Wildman–Crippen LogP) is 11.9. The standard InChI is InChI=1S/C43H84NO9P/c1-3-5-7-9-11-13-15-17-22-26-30-34-42(46)51-39-36-44(41(45)33-29-25-21-19-20-24-28-32-38-53-54(48,49)50)37-40-52-43(47)35-31-27-23-18-16-14-12-10-8-6-4-2/h3-40H2,1-2H3,(H2,48,49,50). The van der Waals surface area contributed by atoms with Gasteiger partial charge in [-0.1, -0.05) is 181 Å². The zero-order chi connectivity index (χ0) is 39.8. The zero-order valence-corrected chi connectivity index (χ0v) is 35.9. The minimum atomic E-state index is -4.38. The van der Waals surface area contributed by atoms with Gasteiger partial charge in [-0.25, -0.2) is 4.57 Å². The van der Waals surface area contributed by atoms with Crippen LogP contribution >= 0.6 is 7.82 Å². The molecule has 320 valence electrons. The van der Waals surface area contributed by atoms with Gasteiger partial charge in [0, 0.05) is 19.3 Å². The molecule has 0 aliphatic heterocycles.